The van der Waals surface area contributed by atoms with E-state index in [1.54, 1.807) is 24.3 Å². The van der Waals surface area contributed by atoms with Gasteiger partial charge in [0.2, 0.25) is 0 Å². The molecule has 1 aliphatic heterocycles. The summed E-state index contributed by atoms with van der Waals surface area (Å²) in [7, 11) is 0. The number of halogens is 3. The molecule has 1 aromatic carbocycles. The molecule has 8 heteroatoms. The number of likely N-dealkylation sites (tertiary alicyclic amines) is 1. The van der Waals surface area contributed by atoms with Gasteiger partial charge in [0.1, 0.15) is 17.5 Å². The molecular weight excluding hydrogens is 337 g/mol. The van der Waals surface area contributed by atoms with Crippen LogP contribution in [0.15, 0.2) is 39.9 Å². The standard InChI is InChI=1S/C17H19F3N2O3/c18-17(19,20)12-5-7-22(8-6-12)9-10-24-16-11-14(21-23)13-3-1-2-4-15(13)25-16/h1-4,11-12,23H,5-10H2. The van der Waals surface area contributed by atoms with Gasteiger partial charge in [0, 0.05) is 18.0 Å². The average Bonchev–Trinajstić information content (AvgIpc) is 2.60. The maximum absolute atomic E-state index is 12.7. The Bertz CT molecular complexity index is 781. The minimum Gasteiger partial charge on any atom is -0.464 e. The number of hydrogen-bond donors (Lipinski definition) is 1. The molecule has 2 aromatic rings. The summed E-state index contributed by atoms with van der Waals surface area (Å²) in [4.78, 5) is 1.95. The molecule has 0 unspecified atom stereocenters. The first-order valence-electron chi connectivity index (χ1n) is 8.10. The number of hydrogen-bond acceptors (Lipinski definition) is 5. The van der Waals surface area contributed by atoms with Crippen molar-refractivity contribution < 1.29 is 27.5 Å². The van der Waals surface area contributed by atoms with E-state index in [1.807, 2.05) is 4.90 Å². The van der Waals surface area contributed by atoms with Crippen molar-refractivity contribution in [2.24, 2.45) is 11.1 Å². The Morgan fingerprint density at radius 1 is 1.24 bits per heavy atom. The number of rotatable bonds is 4. The van der Waals surface area contributed by atoms with E-state index in [0.29, 0.717) is 36.0 Å². The van der Waals surface area contributed by atoms with Crippen LogP contribution in [0, 0.1) is 5.92 Å². The number of fused-ring (bicyclic) bond motifs is 1. The Balaban J connectivity index is 1.56. The molecule has 0 aliphatic carbocycles. The lowest BCUT2D eigenvalue weighted by atomic mass is 9.96. The molecule has 0 bridgehead atoms. The fourth-order valence-corrected chi connectivity index (χ4v) is 3.01. The number of alkyl halides is 3. The van der Waals surface area contributed by atoms with Crippen LogP contribution in [0.25, 0.3) is 11.0 Å². The summed E-state index contributed by atoms with van der Waals surface area (Å²) in [5, 5.41) is 13.3. The molecule has 0 radical (unpaired) electrons. The van der Waals surface area contributed by atoms with Crippen molar-refractivity contribution in [2.45, 2.75) is 19.0 Å². The lowest BCUT2D eigenvalue weighted by Crippen LogP contribution is -2.40. The molecular formula is C17H19F3N2O3. The average molecular weight is 356 g/mol. The Morgan fingerprint density at radius 3 is 2.64 bits per heavy atom. The van der Waals surface area contributed by atoms with E-state index in [-0.39, 0.29) is 25.4 Å². The minimum atomic E-state index is -4.10. The van der Waals surface area contributed by atoms with E-state index >= 15 is 0 Å². The third-order valence-corrected chi connectivity index (χ3v) is 4.44. The molecule has 2 heterocycles. The van der Waals surface area contributed by atoms with Crippen LogP contribution in [0.3, 0.4) is 0 Å². The molecule has 25 heavy (non-hydrogen) atoms. The Labute approximate surface area is 142 Å². The van der Waals surface area contributed by atoms with Crippen LogP contribution in [0.2, 0.25) is 0 Å². The molecule has 5 nitrogen and oxygen atoms in total. The maximum atomic E-state index is 12.7. The summed E-state index contributed by atoms with van der Waals surface area (Å²) >= 11 is 0. The zero-order chi connectivity index (χ0) is 17.9. The van der Waals surface area contributed by atoms with Crippen molar-refractivity contribution in [3.05, 3.63) is 35.7 Å². The topological polar surface area (TPSA) is 58.2 Å². The van der Waals surface area contributed by atoms with Crippen molar-refractivity contribution in [3.63, 3.8) is 0 Å². The summed E-state index contributed by atoms with van der Waals surface area (Å²) in [6.07, 6.45) is -3.86. The normalized spacial score (nSPS) is 18.0. The molecule has 1 aromatic heterocycles. The Morgan fingerprint density at radius 2 is 1.96 bits per heavy atom. The molecule has 0 amide bonds. The lowest BCUT2D eigenvalue weighted by molar-refractivity contribution is -0.185. The maximum Gasteiger partial charge on any atom is 0.391 e. The number of nitrogens with zero attached hydrogens (tertiary/aromatic N) is 2. The third kappa shape index (κ3) is 4.25. The number of ether oxygens (including phenoxy) is 1. The Hall–Kier alpha value is -2.22. The first-order valence-corrected chi connectivity index (χ1v) is 8.10. The summed E-state index contributed by atoms with van der Waals surface area (Å²) < 4.78 is 49.1. The first kappa shape index (κ1) is 17.6. The molecule has 0 atom stereocenters. The van der Waals surface area contributed by atoms with Gasteiger partial charge < -0.3 is 14.4 Å². The van der Waals surface area contributed by atoms with Gasteiger partial charge in [-0.1, -0.05) is 17.3 Å². The number of piperidine rings is 1. The van der Waals surface area contributed by atoms with Crippen LogP contribution in [0.5, 0.6) is 5.95 Å². The fraction of sp³-hybridized carbons (Fsp3) is 0.471. The molecule has 0 spiro atoms. The zero-order valence-electron chi connectivity index (χ0n) is 13.5. The number of para-hydroxylation sites is 1. The quantitative estimate of drug-likeness (QED) is 0.674. The second-order valence-electron chi connectivity index (χ2n) is 6.05. The van der Waals surface area contributed by atoms with Gasteiger partial charge >= 0.3 is 6.18 Å². The SMILES string of the molecule is ON=c1cc(OCCN2CCC(C(F)(F)F)CC2)oc2ccccc12. The summed E-state index contributed by atoms with van der Waals surface area (Å²) in [5.41, 5.74) is 0.527. The van der Waals surface area contributed by atoms with E-state index in [1.165, 1.54) is 6.07 Å². The first-order chi connectivity index (χ1) is 12.0. The highest BCUT2D eigenvalue weighted by molar-refractivity contribution is 5.76. The van der Waals surface area contributed by atoms with Crippen LogP contribution in [0.1, 0.15) is 12.8 Å². The second-order valence-corrected chi connectivity index (χ2v) is 6.05. The van der Waals surface area contributed by atoms with Gasteiger partial charge in [-0.25, -0.2) is 0 Å². The summed E-state index contributed by atoms with van der Waals surface area (Å²) in [5.74, 6) is -0.995. The fourth-order valence-electron chi connectivity index (χ4n) is 3.01. The van der Waals surface area contributed by atoms with Gasteiger partial charge in [0.25, 0.3) is 5.95 Å². The molecule has 1 fully saturated rings. The van der Waals surface area contributed by atoms with Crippen molar-refractivity contribution in [1.82, 2.24) is 4.90 Å². The summed E-state index contributed by atoms with van der Waals surface area (Å²) in [6.45, 7) is 1.60. The van der Waals surface area contributed by atoms with Gasteiger partial charge in [-0.15, -0.1) is 0 Å². The van der Waals surface area contributed by atoms with Crippen LogP contribution < -0.4 is 10.1 Å². The van der Waals surface area contributed by atoms with Crippen molar-refractivity contribution in [3.8, 4) is 5.95 Å². The molecule has 1 aliphatic rings. The van der Waals surface area contributed by atoms with Crippen LogP contribution in [-0.2, 0) is 0 Å². The smallest absolute Gasteiger partial charge is 0.391 e. The zero-order valence-corrected chi connectivity index (χ0v) is 13.5. The van der Waals surface area contributed by atoms with Gasteiger partial charge in [-0.2, -0.15) is 13.2 Å². The predicted molar refractivity (Wildman–Crippen MR) is 84.3 cm³/mol. The monoisotopic (exact) mass is 356 g/mol. The van der Waals surface area contributed by atoms with E-state index in [4.69, 9.17) is 14.4 Å². The molecule has 3 rings (SSSR count). The van der Waals surface area contributed by atoms with Gasteiger partial charge in [-0.05, 0) is 38.1 Å². The molecule has 0 saturated carbocycles. The van der Waals surface area contributed by atoms with Gasteiger partial charge in [-0.3, -0.25) is 4.90 Å². The largest absolute Gasteiger partial charge is 0.464 e. The predicted octanol–water partition coefficient (Wildman–Crippen LogP) is 3.38. The van der Waals surface area contributed by atoms with E-state index < -0.39 is 12.1 Å². The van der Waals surface area contributed by atoms with Crippen LogP contribution >= 0.6 is 0 Å². The van der Waals surface area contributed by atoms with E-state index in [9.17, 15) is 13.2 Å². The molecule has 1 N–H and O–H groups in total. The highest BCUT2D eigenvalue weighted by Crippen LogP contribution is 2.33. The third-order valence-electron chi connectivity index (χ3n) is 4.44. The minimum absolute atomic E-state index is 0.122. The lowest BCUT2D eigenvalue weighted by Gasteiger charge is -2.32. The van der Waals surface area contributed by atoms with E-state index in [0.717, 1.165) is 0 Å². The molecule has 136 valence electrons. The van der Waals surface area contributed by atoms with E-state index in [2.05, 4.69) is 5.16 Å². The second kappa shape index (κ2) is 7.35. The van der Waals surface area contributed by atoms with Crippen molar-refractivity contribution in [1.29, 1.82) is 0 Å². The highest BCUT2D eigenvalue weighted by Gasteiger charge is 2.40. The highest BCUT2D eigenvalue weighted by atomic mass is 19.4. The summed E-state index contributed by atoms with van der Waals surface area (Å²) in [6, 6.07) is 8.58. The van der Waals surface area contributed by atoms with Gasteiger partial charge in [0.15, 0.2) is 0 Å². The van der Waals surface area contributed by atoms with Crippen molar-refractivity contribution in [2.75, 3.05) is 26.2 Å². The van der Waals surface area contributed by atoms with Crippen LogP contribution in [-0.4, -0.2) is 42.5 Å². The molecule has 1 saturated heterocycles. The number of benzene rings is 1. The van der Waals surface area contributed by atoms with Gasteiger partial charge in [0.05, 0.1) is 5.92 Å². The van der Waals surface area contributed by atoms with Crippen LogP contribution in [0.4, 0.5) is 13.2 Å². The Kier molecular flexibility index (Phi) is 5.17. The van der Waals surface area contributed by atoms with Crippen molar-refractivity contribution >= 4 is 11.0 Å².